The number of hydrogen-bond acceptors (Lipinski definition) is 9. The van der Waals surface area contributed by atoms with E-state index >= 15 is 0 Å². The highest BCUT2D eigenvalue weighted by atomic mass is 32.2. The molecule has 0 saturated carbocycles. The van der Waals surface area contributed by atoms with Crippen LogP contribution in [0, 0.1) is 0 Å². The van der Waals surface area contributed by atoms with Gasteiger partial charge in [-0.1, -0.05) is 31.1 Å². The average molecular weight is 608 g/mol. The molecule has 2 rings (SSSR count). The number of benzene rings is 2. The molecule has 0 amide bonds. The Bertz CT molecular complexity index is 1350. The third-order valence-electron chi connectivity index (χ3n) is 5.05. The number of hydrogen-bond donors (Lipinski definition) is 0. The van der Waals surface area contributed by atoms with Crippen LogP contribution in [0.2, 0.25) is 0 Å². The van der Waals surface area contributed by atoms with E-state index in [1.165, 1.54) is 18.4 Å². The van der Waals surface area contributed by atoms with Gasteiger partial charge in [0.15, 0.2) is 5.71 Å². The van der Waals surface area contributed by atoms with Crippen LogP contribution >= 0.6 is 0 Å². The Balaban J connectivity index is 1.85. The fourth-order valence-electron chi connectivity index (χ4n) is 3.12. The zero-order valence-electron chi connectivity index (χ0n) is 22.3. The first kappa shape index (κ1) is 32.9. The summed E-state index contributed by atoms with van der Waals surface area (Å²) in [5.74, 6) is 0.376. The first-order valence-electron chi connectivity index (χ1n) is 12.4. The Morgan fingerprint density at radius 2 is 1.27 bits per heavy atom. The molecule has 222 valence electrons. The van der Waals surface area contributed by atoms with Crippen LogP contribution in [0.3, 0.4) is 0 Å². The van der Waals surface area contributed by atoms with Crippen molar-refractivity contribution in [2.24, 2.45) is 5.16 Å². The lowest BCUT2D eigenvalue weighted by Gasteiger charge is -2.12. The smallest absolute Gasteiger partial charge is 0.437 e. The lowest BCUT2D eigenvalue weighted by atomic mass is 10.1. The molecule has 0 spiro atoms. The summed E-state index contributed by atoms with van der Waals surface area (Å²) >= 11 is 0. The van der Waals surface area contributed by atoms with E-state index < -0.39 is 37.9 Å². The first-order chi connectivity index (χ1) is 18.8. The summed E-state index contributed by atoms with van der Waals surface area (Å²) in [4.78, 5) is 0. The minimum atomic E-state index is -4.93. The van der Waals surface area contributed by atoms with Crippen LogP contribution in [0.1, 0.15) is 51.2 Å². The molecule has 0 saturated heterocycles. The standard InChI is InChI=1S/C26H32F3NO8S2/c1-4-17-39(31,32)37-19-20(3)21-7-11-23(12-8-21)35-15-6-16-36-24-13-9-22(10-14-24)25(26(27,28)29)30-38-40(33,34)18-5-2/h7-14,19H,4-6,15-18H2,1-3H3/b20-19+,30-25-. The van der Waals surface area contributed by atoms with Crippen LogP contribution in [-0.4, -0.2) is 53.4 Å². The van der Waals surface area contributed by atoms with Crippen molar-refractivity contribution < 1.29 is 47.9 Å². The normalized spacial score (nSPS) is 13.2. The fraction of sp³-hybridized carbons (Fsp3) is 0.423. The molecule has 0 N–H and O–H groups in total. The number of oxime groups is 1. The van der Waals surface area contributed by atoms with Gasteiger partial charge in [0.1, 0.15) is 17.8 Å². The van der Waals surface area contributed by atoms with Gasteiger partial charge in [-0.15, -0.1) is 0 Å². The summed E-state index contributed by atoms with van der Waals surface area (Å²) in [6, 6.07) is 11.8. The number of nitrogens with zero attached hydrogens (tertiary/aromatic N) is 1. The van der Waals surface area contributed by atoms with Gasteiger partial charge < -0.3 is 13.7 Å². The number of halogens is 3. The van der Waals surface area contributed by atoms with Crippen molar-refractivity contribution in [3.05, 3.63) is 65.9 Å². The van der Waals surface area contributed by atoms with E-state index in [-0.39, 0.29) is 24.3 Å². The Morgan fingerprint density at radius 1 is 0.800 bits per heavy atom. The highest BCUT2D eigenvalue weighted by molar-refractivity contribution is 7.87. The van der Waals surface area contributed by atoms with Crippen molar-refractivity contribution in [3.63, 3.8) is 0 Å². The molecular formula is C26H32F3NO8S2. The summed E-state index contributed by atoms with van der Waals surface area (Å²) in [6.45, 7) is 5.55. The van der Waals surface area contributed by atoms with E-state index in [9.17, 15) is 30.0 Å². The molecule has 0 aliphatic rings. The third-order valence-corrected chi connectivity index (χ3v) is 7.56. The van der Waals surface area contributed by atoms with Gasteiger partial charge in [-0.05, 0) is 67.3 Å². The van der Waals surface area contributed by atoms with Gasteiger partial charge in [-0.3, -0.25) is 4.28 Å². The molecule has 9 nitrogen and oxygen atoms in total. The molecule has 2 aromatic carbocycles. The summed E-state index contributed by atoms with van der Waals surface area (Å²) in [5, 5.41) is 2.85. The molecule has 0 heterocycles. The van der Waals surface area contributed by atoms with Crippen molar-refractivity contribution in [2.45, 2.75) is 46.2 Å². The van der Waals surface area contributed by atoms with Crippen LogP contribution in [0.5, 0.6) is 11.5 Å². The van der Waals surface area contributed by atoms with Gasteiger partial charge in [-0.2, -0.15) is 30.0 Å². The van der Waals surface area contributed by atoms with Crippen LogP contribution in [-0.2, 0) is 28.7 Å². The maximum atomic E-state index is 13.4. The van der Waals surface area contributed by atoms with Crippen molar-refractivity contribution in [2.75, 3.05) is 24.7 Å². The number of rotatable bonds is 16. The van der Waals surface area contributed by atoms with E-state index in [1.807, 2.05) is 0 Å². The highest BCUT2D eigenvalue weighted by Crippen LogP contribution is 2.25. The molecule has 0 atom stereocenters. The number of allylic oxidation sites excluding steroid dienone is 1. The second-order valence-corrected chi connectivity index (χ2v) is 11.9. The minimum absolute atomic E-state index is 0.0602. The van der Waals surface area contributed by atoms with Gasteiger partial charge in [0.05, 0.1) is 24.7 Å². The maximum Gasteiger partial charge on any atom is 0.437 e. The largest absolute Gasteiger partial charge is 0.493 e. The molecule has 0 radical (unpaired) electrons. The molecule has 40 heavy (non-hydrogen) atoms. The first-order valence-corrected chi connectivity index (χ1v) is 15.5. The van der Waals surface area contributed by atoms with E-state index in [1.54, 1.807) is 45.0 Å². The molecule has 0 unspecified atom stereocenters. The molecular weight excluding hydrogens is 575 g/mol. The highest BCUT2D eigenvalue weighted by Gasteiger charge is 2.38. The van der Waals surface area contributed by atoms with E-state index in [2.05, 4.69) is 9.44 Å². The van der Waals surface area contributed by atoms with Crippen molar-refractivity contribution in [3.8, 4) is 11.5 Å². The van der Waals surface area contributed by atoms with Crippen LogP contribution in [0.25, 0.3) is 5.57 Å². The van der Waals surface area contributed by atoms with Crippen LogP contribution in [0.4, 0.5) is 13.2 Å². The molecule has 0 aromatic heterocycles. The summed E-state index contributed by atoms with van der Waals surface area (Å²) in [5.41, 5.74) is -0.456. The Hall–Kier alpha value is -3.26. The minimum Gasteiger partial charge on any atom is -0.493 e. The SMILES string of the molecule is CCCS(=O)(=O)O/C=C(\C)c1ccc(OCCCOc2ccc(/C(=N/OS(=O)(=O)CCC)C(F)(F)F)cc2)cc1. The topological polar surface area (TPSA) is 118 Å². The Labute approximate surface area is 232 Å². The molecule has 0 aliphatic heterocycles. The number of ether oxygens (including phenoxy) is 2. The molecule has 0 bridgehead atoms. The zero-order chi connectivity index (χ0) is 29.8. The predicted octanol–water partition coefficient (Wildman–Crippen LogP) is 5.67. The van der Waals surface area contributed by atoms with Gasteiger partial charge >= 0.3 is 26.4 Å². The summed E-state index contributed by atoms with van der Waals surface area (Å²) in [6.07, 6.45) is -2.62. The monoisotopic (exact) mass is 607 g/mol. The second kappa shape index (κ2) is 14.9. The fourth-order valence-corrected chi connectivity index (χ4v) is 4.77. The van der Waals surface area contributed by atoms with E-state index in [4.69, 9.17) is 13.7 Å². The van der Waals surface area contributed by atoms with Gasteiger partial charge in [-0.25, -0.2) is 0 Å². The van der Waals surface area contributed by atoms with Crippen molar-refractivity contribution >= 4 is 31.5 Å². The van der Waals surface area contributed by atoms with Crippen molar-refractivity contribution in [1.82, 2.24) is 0 Å². The lowest BCUT2D eigenvalue weighted by Crippen LogP contribution is -2.25. The lowest BCUT2D eigenvalue weighted by molar-refractivity contribution is -0.0597. The van der Waals surface area contributed by atoms with E-state index in [0.29, 0.717) is 36.5 Å². The molecule has 14 heteroatoms. The predicted molar refractivity (Wildman–Crippen MR) is 145 cm³/mol. The maximum absolute atomic E-state index is 13.4. The third kappa shape index (κ3) is 11.5. The zero-order valence-corrected chi connectivity index (χ0v) is 23.9. The van der Waals surface area contributed by atoms with E-state index in [0.717, 1.165) is 17.7 Å². The van der Waals surface area contributed by atoms with Crippen LogP contribution in [0.15, 0.2) is 59.9 Å². The Morgan fingerprint density at radius 3 is 1.75 bits per heavy atom. The summed E-state index contributed by atoms with van der Waals surface area (Å²) in [7, 11) is -7.80. The molecule has 2 aromatic rings. The van der Waals surface area contributed by atoms with Crippen LogP contribution < -0.4 is 9.47 Å². The van der Waals surface area contributed by atoms with Crippen molar-refractivity contribution in [1.29, 1.82) is 0 Å². The van der Waals surface area contributed by atoms with Gasteiger partial charge in [0.2, 0.25) is 0 Å². The molecule has 0 aliphatic carbocycles. The van der Waals surface area contributed by atoms with Gasteiger partial charge in [0, 0.05) is 12.0 Å². The van der Waals surface area contributed by atoms with Gasteiger partial charge in [0.25, 0.3) is 0 Å². The quantitative estimate of drug-likeness (QED) is 0.0787. The molecule has 0 fully saturated rings. The Kier molecular flexibility index (Phi) is 12.3. The second-order valence-electron chi connectivity index (χ2n) is 8.53. The summed E-state index contributed by atoms with van der Waals surface area (Å²) < 4.78 is 107. The average Bonchev–Trinajstić information content (AvgIpc) is 2.87. The number of alkyl halides is 3.